The highest BCUT2D eigenvalue weighted by Gasteiger charge is 2.28. The molecule has 1 aliphatic carbocycles. The van der Waals surface area contributed by atoms with E-state index >= 15 is 0 Å². The van der Waals surface area contributed by atoms with Gasteiger partial charge in [-0.1, -0.05) is 6.08 Å². The highest BCUT2D eigenvalue weighted by atomic mass is 19.1. The summed E-state index contributed by atoms with van der Waals surface area (Å²) in [7, 11) is 2.09. The molecule has 0 N–H and O–H groups in total. The van der Waals surface area contributed by atoms with Crippen molar-refractivity contribution in [3.8, 4) is 0 Å². The van der Waals surface area contributed by atoms with E-state index in [0.717, 1.165) is 30.8 Å². The average molecular weight is 204 g/mol. The minimum atomic E-state index is -0.0501. The summed E-state index contributed by atoms with van der Waals surface area (Å²) in [5, 5.41) is 0. The van der Waals surface area contributed by atoms with Crippen LogP contribution in [0.2, 0.25) is 0 Å². The average Bonchev–Trinajstić information content (AvgIpc) is 2.56. The Bertz CT molecular complexity index is 441. The number of fused-ring (bicyclic) bond motifs is 2. The van der Waals surface area contributed by atoms with Gasteiger partial charge >= 0.3 is 0 Å². The molecule has 2 nitrogen and oxygen atoms in total. The molecular weight excluding hydrogens is 191 g/mol. The first-order chi connectivity index (χ1) is 7.24. The molecule has 0 unspecified atom stereocenters. The molecule has 0 aromatic carbocycles. The number of halogens is 1. The van der Waals surface area contributed by atoms with Gasteiger partial charge in [-0.25, -0.2) is 4.39 Å². The molecule has 3 heteroatoms. The van der Waals surface area contributed by atoms with E-state index < -0.39 is 0 Å². The van der Waals surface area contributed by atoms with Crippen LogP contribution in [-0.4, -0.2) is 30.7 Å². The van der Waals surface area contributed by atoms with Crippen LogP contribution in [0.1, 0.15) is 12.8 Å². The van der Waals surface area contributed by atoms with Crippen LogP contribution in [0.25, 0.3) is 0 Å². The van der Waals surface area contributed by atoms with E-state index in [-0.39, 0.29) is 5.83 Å². The normalized spacial score (nSPS) is 25.6. The number of aliphatic imine (C=N–C) groups is 1. The molecule has 1 fully saturated rings. The van der Waals surface area contributed by atoms with Crippen LogP contribution < -0.4 is 0 Å². The lowest BCUT2D eigenvalue weighted by Crippen LogP contribution is -2.32. The molecule has 78 valence electrons. The Hall–Kier alpha value is -1.22. The molecule has 0 atom stereocenters. The zero-order chi connectivity index (χ0) is 10.4. The standard InChI is InChI=1S/C12H13FN2/c1-15-5-4-12-10(7-15)9-6-8(13)2-3-11(9)14-12/h3,6H,2,4-5,7H2,1H3. The summed E-state index contributed by atoms with van der Waals surface area (Å²) in [6.45, 7) is 1.95. The fraction of sp³-hybridized carbons (Fsp3) is 0.417. The van der Waals surface area contributed by atoms with Crippen LogP contribution in [0.15, 0.2) is 39.8 Å². The van der Waals surface area contributed by atoms with Gasteiger partial charge in [0.05, 0.1) is 5.70 Å². The number of rotatable bonds is 0. The summed E-state index contributed by atoms with van der Waals surface area (Å²) >= 11 is 0. The number of piperidine rings is 1. The third-order valence-corrected chi connectivity index (χ3v) is 3.15. The zero-order valence-corrected chi connectivity index (χ0v) is 8.76. The molecule has 0 aromatic rings. The van der Waals surface area contributed by atoms with Gasteiger partial charge in [-0.2, -0.15) is 0 Å². The predicted molar refractivity (Wildman–Crippen MR) is 58.5 cm³/mol. The third kappa shape index (κ3) is 1.38. The van der Waals surface area contributed by atoms with Crippen LogP contribution in [0.5, 0.6) is 0 Å². The lowest BCUT2D eigenvalue weighted by Gasteiger charge is -2.24. The molecule has 0 aromatic heterocycles. The molecule has 0 radical (unpaired) electrons. The van der Waals surface area contributed by atoms with Gasteiger partial charge in [0.15, 0.2) is 0 Å². The molecule has 1 saturated heterocycles. The van der Waals surface area contributed by atoms with Gasteiger partial charge < -0.3 is 4.90 Å². The number of hydrogen-bond donors (Lipinski definition) is 0. The largest absolute Gasteiger partial charge is 0.302 e. The number of allylic oxidation sites excluding steroid dienone is 3. The van der Waals surface area contributed by atoms with E-state index in [2.05, 4.69) is 16.9 Å². The van der Waals surface area contributed by atoms with Gasteiger partial charge in [-0.3, -0.25) is 4.99 Å². The van der Waals surface area contributed by atoms with Gasteiger partial charge in [-0.15, -0.1) is 0 Å². The summed E-state index contributed by atoms with van der Waals surface area (Å²) in [4.78, 5) is 6.82. The highest BCUT2D eigenvalue weighted by Crippen LogP contribution is 2.35. The van der Waals surface area contributed by atoms with Crippen LogP contribution in [0.3, 0.4) is 0 Å². The van der Waals surface area contributed by atoms with Crippen LogP contribution in [-0.2, 0) is 0 Å². The Morgan fingerprint density at radius 1 is 1.47 bits per heavy atom. The molecule has 0 spiro atoms. The van der Waals surface area contributed by atoms with Gasteiger partial charge in [0, 0.05) is 37.2 Å². The van der Waals surface area contributed by atoms with Crippen molar-refractivity contribution in [1.29, 1.82) is 0 Å². The lowest BCUT2D eigenvalue weighted by atomic mass is 9.96. The number of likely N-dealkylation sites (tertiary alicyclic amines) is 1. The Kier molecular flexibility index (Phi) is 1.89. The molecule has 0 saturated carbocycles. The first kappa shape index (κ1) is 9.04. The molecule has 3 rings (SSSR count). The number of likely N-dealkylation sites (N-methyl/N-ethyl adjacent to an activating group) is 1. The Balaban J connectivity index is 2.07. The van der Waals surface area contributed by atoms with Gasteiger partial charge in [-0.05, 0) is 18.7 Å². The van der Waals surface area contributed by atoms with E-state index in [1.807, 2.05) is 6.08 Å². The van der Waals surface area contributed by atoms with Crippen molar-refractivity contribution < 1.29 is 4.39 Å². The van der Waals surface area contributed by atoms with Gasteiger partial charge in [0.2, 0.25) is 0 Å². The van der Waals surface area contributed by atoms with Crippen molar-refractivity contribution in [2.45, 2.75) is 12.8 Å². The summed E-state index contributed by atoms with van der Waals surface area (Å²) < 4.78 is 13.2. The van der Waals surface area contributed by atoms with Crippen molar-refractivity contribution >= 4 is 5.71 Å². The molecule has 3 aliphatic rings. The second kappa shape index (κ2) is 3.14. The molecule has 0 bridgehead atoms. The monoisotopic (exact) mass is 204 g/mol. The third-order valence-electron chi connectivity index (χ3n) is 3.15. The van der Waals surface area contributed by atoms with Crippen LogP contribution in [0.4, 0.5) is 4.39 Å². The van der Waals surface area contributed by atoms with E-state index in [0.29, 0.717) is 6.42 Å². The first-order valence-corrected chi connectivity index (χ1v) is 5.30. The topological polar surface area (TPSA) is 15.6 Å². The van der Waals surface area contributed by atoms with Crippen molar-refractivity contribution in [1.82, 2.24) is 4.90 Å². The first-order valence-electron chi connectivity index (χ1n) is 5.30. The van der Waals surface area contributed by atoms with Crippen molar-refractivity contribution in [2.24, 2.45) is 4.99 Å². The van der Waals surface area contributed by atoms with E-state index in [9.17, 15) is 4.39 Å². The molecule has 2 heterocycles. The summed E-state index contributed by atoms with van der Waals surface area (Å²) in [6.07, 6.45) is 4.93. The Morgan fingerprint density at radius 2 is 2.33 bits per heavy atom. The molecule has 15 heavy (non-hydrogen) atoms. The lowest BCUT2D eigenvalue weighted by molar-refractivity contribution is 0.365. The minimum Gasteiger partial charge on any atom is -0.302 e. The second-order valence-corrected chi connectivity index (χ2v) is 4.32. The number of nitrogens with zero attached hydrogens (tertiary/aromatic N) is 2. The molecular formula is C12H13FN2. The maximum Gasteiger partial charge on any atom is 0.104 e. The Labute approximate surface area is 88.5 Å². The second-order valence-electron chi connectivity index (χ2n) is 4.32. The van der Waals surface area contributed by atoms with Gasteiger partial charge in [0.25, 0.3) is 0 Å². The zero-order valence-electron chi connectivity index (χ0n) is 8.76. The SMILES string of the molecule is CN1CCC2=NC3=CCC(F)=CC3=C2C1. The fourth-order valence-electron chi connectivity index (χ4n) is 2.34. The maximum atomic E-state index is 13.2. The smallest absolute Gasteiger partial charge is 0.104 e. The predicted octanol–water partition coefficient (Wildman–Crippen LogP) is 2.21. The highest BCUT2D eigenvalue weighted by molar-refractivity contribution is 6.06. The van der Waals surface area contributed by atoms with Gasteiger partial charge in [0.1, 0.15) is 5.83 Å². The fourth-order valence-corrected chi connectivity index (χ4v) is 2.34. The van der Waals surface area contributed by atoms with Crippen molar-refractivity contribution in [3.63, 3.8) is 0 Å². The van der Waals surface area contributed by atoms with E-state index in [1.165, 1.54) is 11.3 Å². The number of hydrogen-bond acceptors (Lipinski definition) is 2. The minimum absolute atomic E-state index is 0.0501. The molecule has 2 aliphatic heterocycles. The molecule has 0 amide bonds. The van der Waals surface area contributed by atoms with E-state index in [4.69, 9.17) is 0 Å². The Morgan fingerprint density at radius 3 is 3.20 bits per heavy atom. The van der Waals surface area contributed by atoms with E-state index in [1.54, 1.807) is 6.08 Å². The summed E-state index contributed by atoms with van der Waals surface area (Å²) in [6, 6.07) is 0. The van der Waals surface area contributed by atoms with Crippen LogP contribution >= 0.6 is 0 Å². The maximum absolute atomic E-state index is 13.2. The quantitative estimate of drug-likeness (QED) is 0.590. The summed E-state index contributed by atoms with van der Waals surface area (Å²) in [5.74, 6) is -0.0501. The summed E-state index contributed by atoms with van der Waals surface area (Å²) in [5.41, 5.74) is 4.39. The van der Waals surface area contributed by atoms with Crippen LogP contribution in [0, 0.1) is 0 Å². The van der Waals surface area contributed by atoms with Crippen molar-refractivity contribution in [3.05, 3.63) is 34.8 Å². The van der Waals surface area contributed by atoms with Crippen molar-refractivity contribution in [2.75, 3.05) is 20.1 Å².